The van der Waals surface area contributed by atoms with Crippen molar-refractivity contribution >= 4 is 22.7 Å². The average Bonchev–Trinajstić information content (AvgIpc) is 3.30. The van der Waals surface area contributed by atoms with Crippen molar-refractivity contribution in [3.05, 3.63) is 52.8 Å². The van der Waals surface area contributed by atoms with E-state index in [1.807, 2.05) is 25.3 Å². The number of carboxylic acid groups (broad SMARTS) is 1. The zero-order chi connectivity index (χ0) is 25.3. The Labute approximate surface area is 200 Å². The van der Waals surface area contributed by atoms with Gasteiger partial charge in [0.25, 0.3) is 0 Å². The number of aromatic nitrogens is 2. The highest BCUT2D eigenvalue weighted by Gasteiger charge is 2.34. The molecule has 0 radical (unpaired) electrons. The third kappa shape index (κ3) is 5.35. The van der Waals surface area contributed by atoms with Gasteiger partial charge in [-0.1, -0.05) is 0 Å². The van der Waals surface area contributed by atoms with Crippen LogP contribution in [-0.2, 0) is 6.54 Å². The summed E-state index contributed by atoms with van der Waals surface area (Å²) in [5, 5.41) is 10.3. The van der Waals surface area contributed by atoms with E-state index >= 15 is 0 Å². The van der Waals surface area contributed by atoms with Gasteiger partial charge in [-0.15, -0.1) is 0 Å². The zero-order valence-electron chi connectivity index (χ0n) is 19.5. The van der Waals surface area contributed by atoms with Gasteiger partial charge in [0.1, 0.15) is 17.1 Å². The molecule has 3 heterocycles. The summed E-state index contributed by atoms with van der Waals surface area (Å²) in [6.07, 6.45) is -3.28. The fraction of sp³-hybridized carbons (Fsp3) is 0.417. The number of fused-ring (bicyclic) bond motifs is 1. The molecular formula is C24H28F3N5O3. The molecule has 1 aliphatic rings. The maximum Gasteiger partial charge on any atom is 0.390 e. The fourth-order valence-electron chi connectivity index (χ4n) is 4.68. The number of ether oxygens (including phenoxy) is 1. The highest BCUT2D eigenvalue weighted by molar-refractivity contribution is 5.92. The van der Waals surface area contributed by atoms with E-state index in [9.17, 15) is 23.1 Å². The van der Waals surface area contributed by atoms with Gasteiger partial charge in [-0.05, 0) is 36.8 Å². The molecule has 0 aliphatic carbocycles. The number of anilines is 1. The van der Waals surface area contributed by atoms with Gasteiger partial charge in [0.15, 0.2) is 0 Å². The molecule has 0 amide bonds. The number of halogens is 3. The second kappa shape index (κ2) is 9.74. The first kappa shape index (κ1) is 24.8. The van der Waals surface area contributed by atoms with Crippen LogP contribution in [0.5, 0.6) is 5.75 Å². The van der Waals surface area contributed by atoms with Crippen molar-refractivity contribution in [3.8, 4) is 5.75 Å². The van der Waals surface area contributed by atoms with Gasteiger partial charge in [0, 0.05) is 55.4 Å². The molecule has 35 heavy (non-hydrogen) atoms. The molecule has 4 rings (SSSR count). The number of carboxylic acids is 1. The monoisotopic (exact) mass is 491 g/mol. The van der Waals surface area contributed by atoms with Gasteiger partial charge in [0.2, 0.25) is 0 Å². The number of pyridine rings is 1. The normalized spacial score (nSPS) is 17.7. The number of hydrogen-bond donors (Lipinski definition) is 3. The number of carbonyl (C=O) groups is 1. The molecule has 3 aromatic rings. The Morgan fingerprint density at radius 1 is 1.31 bits per heavy atom. The minimum atomic E-state index is -4.24. The van der Waals surface area contributed by atoms with Crippen LogP contribution in [0, 0.1) is 6.92 Å². The number of methoxy groups -OCH3 is 1. The van der Waals surface area contributed by atoms with Crippen LogP contribution in [-0.4, -0.2) is 70.3 Å². The van der Waals surface area contributed by atoms with Crippen LogP contribution in [0.2, 0.25) is 0 Å². The number of aromatic amines is 1. The largest absolute Gasteiger partial charge is 0.496 e. The van der Waals surface area contributed by atoms with E-state index in [1.165, 1.54) is 6.07 Å². The SMILES string of the molecule is COc1cc(C)c2[nH]ccc2c1CN1CCN(CCC(F)(F)F)CC1c1ccc(C(=O)O)c(N)n1. The number of hydrogen-bond acceptors (Lipinski definition) is 6. The molecule has 1 atom stereocenters. The number of aromatic carboxylic acids is 1. The molecule has 0 saturated carbocycles. The first-order valence-corrected chi connectivity index (χ1v) is 11.2. The van der Waals surface area contributed by atoms with Crippen molar-refractivity contribution in [2.24, 2.45) is 0 Å². The van der Waals surface area contributed by atoms with Crippen LogP contribution < -0.4 is 10.5 Å². The van der Waals surface area contributed by atoms with Gasteiger partial charge in [-0.2, -0.15) is 13.2 Å². The van der Waals surface area contributed by atoms with E-state index in [-0.39, 0.29) is 24.0 Å². The van der Waals surface area contributed by atoms with Gasteiger partial charge in [-0.3, -0.25) is 9.80 Å². The number of nitrogens with one attached hydrogen (secondary N) is 1. The molecule has 1 aliphatic heterocycles. The summed E-state index contributed by atoms with van der Waals surface area (Å²) in [7, 11) is 1.61. The molecule has 1 fully saturated rings. The first-order chi connectivity index (χ1) is 16.6. The topological polar surface area (TPSA) is 108 Å². The number of rotatable bonds is 7. The smallest absolute Gasteiger partial charge is 0.390 e. The number of nitrogen functional groups attached to an aromatic ring is 1. The third-order valence-corrected chi connectivity index (χ3v) is 6.50. The van der Waals surface area contributed by atoms with Gasteiger partial charge < -0.3 is 20.6 Å². The van der Waals surface area contributed by atoms with E-state index in [0.717, 1.165) is 27.8 Å². The molecule has 8 nitrogen and oxygen atoms in total. The molecule has 4 N–H and O–H groups in total. The van der Waals surface area contributed by atoms with Gasteiger partial charge in [-0.25, -0.2) is 9.78 Å². The highest BCUT2D eigenvalue weighted by Crippen LogP contribution is 2.35. The highest BCUT2D eigenvalue weighted by atomic mass is 19.4. The molecule has 1 saturated heterocycles. The van der Waals surface area contributed by atoms with E-state index in [1.54, 1.807) is 18.1 Å². The average molecular weight is 492 g/mol. The van der Waals surface area contributed by atoms with Crippen LogP contribution in [0.4, 0.5) is 19.0 Å². The van der Waals surface area contributed by atoms with Crippen molar-refractivity contribution in [2.45, 2.75) is 32.1 Å². The predicted octanol–water partition coefficient (Wildman–Crippen LogP) is 3.97. The van der Waals surface area contributed by atoms with Crippen molar-refractivity contribution in [1.29, 1.82) is 0 Å². The molecule has 2 aromatic heterocycles. The number of benzene rings is 1. The molecular weight excluding hydrogens is 463 g/mol. The van der Waals surface area contributed by atoms with Crippen LogP contribution in [0.3, 0.4) is 0 Å². The van der Waals surface area contributed by atoms with Gasteiger partial charge >= 0.3 is 12.1 Å². The maximum atomic E-state index is 12.9. The number of H-pyrrole nitrogens is 1. The Hall–Kier alpha value is -3.31. The lowest BCUT2D eigenvalue weighted by Gasteiger charge is -2.41. The maximum absolute atomic E-state index is 12.9. The lowest BCUT2D eigenvalue weighted by molar-refractivity contribution is -0.139. The number of nitrogens with zero attached hydrogens (tertiary/aromatic N) is 3. The van der Waals surface area contributed by atoms with Crippen LogP contribution in [0.1, 0.15) is 39.6 Å². The number of alkyl halides is 3. The Bertz CT molecular complexity index is 1230. The molecule has 0 spiro atoms. The van der Waals surface area contributed by atoms with E-state index < -0.39 is 18.6 Å². The van der Waals surface area contributed by atoms with Gasteiger partial charge in [0.05, 0.1) is 25.3 Å². The number of aryl methyl sites for hydroxylation is 1. The number of piperazine rings is 1. The predicted molar refractivity (Wildman–Crippen MR) is 125 cm³/mol. The number of nitrogens with two attached hydrogens (primary N) is 1. The van der Waals surface area contributed by atoms with E-state index in [4.69, 9.17) is 10.5 Å². The summed E-state index contributed by atoms with van der Waals surface area (Å²) in [6, 6.07) is 6.53. The summed E-state index contributed by atoms with van der Waals surface area (Å²) >= 11 is 0. The molecule has 0 bridgehead atoms. The van der Waals surface area contributed by atoms with Crippen molar-refractivity contribution in [2.75, 3.05) is 39.0 Å². The van der Waals surface area contributed by atoms with Crippen molar-refractivity contribution in [1.82, 2.24) is 19.8 Å². The third-order valence-electron chi connectivity index (χ3n) is 6.50. The Morgan fingerprint density at radius 2 is 2.09 bits per heavy atom. The minimum Gasteiger partial charge on any atom is -0.496 e. The Balaban J connectivity index is 1.68. The molecule has 1 unspecified atom stereocenters. The second-order valence-corrected chi connectivity index (χ2v) is 8.77. The zero-order valence-corrected chi connectivity index (χ0v) is 19.5. The molecule has 11 heteroatoms. The van der Waals surface area contributed by atoms with Crippen LogP contribution in [0.15, 0.2) is 30.5 Å². The van der Waals surface area contributed by atoms with Crippen LogP contribution >= 0.6 is 0 Å². The van der Waals surface area contributed by atoms with Crippen LogP contribution in [0.25, 0.3) is 10.9 Å². The molecule has 188 valence electrons. The summed E-state index contributed by atoms with van der Waals surface area (Å²) < 4.78 is 44.3. The first-order valence-electron chi connectivity index (χ1n) is 11.2. The lowest BCUT2D eigenvalue weighted by atomic mass is 10.0. The van der Waals surface area contributed by atoms with E-state index in [0.29, 0.717) is 31.9 Å². The summed E-state index contributed by atoms with van der Waals surface area (Å²) in [5.41, 5.74) is 9.30. The second-order valence-electron chi connectivity index (χ2n) is 8.77. The van der Waals surface area contributed by atoms with Crippen molar-refractivity contribution < 1.29 is 27.8 Å². The summed E-state index contributed by atoms with van der Waals surface area (Å²) in [6.45, 7) is 3.60. The quantitative estimate of drug-likeness (QED) is 0.459. The standard InChI is InChI=1S/C24H28F3N5O3/c1-14-11-20(35-2)17(15-5-7-29-21(14)15)12-32-10-9-31(8-6-24(25,26)27)13-19(32)18-4-3-16(23(33)34)22(28)30-18/h3-5,7,11,19,29H,6,8-10,12-13H2,1-2H3,(H2,28,30)(H,33,34). The Morgan fingerprint density at radius 3 is 2.74 bits per heavy atom. The van der Waals surface area contributed by atoms with E-state index in [2.05, 4.69) is 14.9 Å². The lowest BCUT2D eigenvalue weighted by Crippen LogP contribution is -2.49. The van der Waals surface area contributed by atoms with Crippen molar-refractivity contribution in [3.63, 3.8) is 0 Å². The molecule has 1 aromatic carbocycles. The fourth-order valence-corrected chi connectivity index (χ4v) is 4.68. The summed E-state index contributed by atoms with van der Waals surface area (Å²) in [5.74, 6) is -0.585. The minimum absolute atomic E-state index is 0.112. The Kier molecular flexibility index (Phi) is 6.91. The summed E-state index contributed by atoms with van der Waals surface area (Å²) in [4.78, 5) is 22.9.